The molecule has 3 amide bonds. The maximum Gasteiger partial charge on any atom is 0.416 e. The zero-order valence-corrected chi connectivity index (χ0v) is 23.1. The predicted molar refractivity (Wildman–Crippen MR) is 151 cm³/mol. The second-order valence-electron chi connectivity index (χ2n) is 10.3. The van der Waals surface area contributed by atoms with E-state index in [1.165, 1.54) is 17.0 Å². The van der Waals surface area contributed by atoms with Gasteiger partial charge in [-0.3, -0.25) is 9.69 Å². The van der Waals surface area contributed by atoms with Crippen molar-refractivity contribution in [3.8, 4) is 6.07 Å². The van der Waals surface area contributed by atoms with Crippen LogP contribution in [0.1, 0.15) is 44.2 Å². The van der Waals surface area contributed by atoms with E-state index in [0.29, 0.717) is 40.9 Å². The zero-order valence-electron chi connectivity index (χ0n) is 22.3. The molecule has 3 aliphatic heterocycles. The molecular weight excluding hydrogens is 607 g/mol. The number of hydrogen-bond donors (Lipinski definition) is 4. The molecule has 2 unspecified atom stereocenters. The molecule has 3 aliphatic rings. The highest BCUT2D eigenvalue weighted by Crippen LogP contribution is 2.49. The average molecular weight is 627 g/mol. The topological polar surface area (TPSA) is 123 Å². The van der Waals surface area contributed by atoms with Crippen molar-refractivity contribution in [1.82, 2.24) is 10.6 Å². The Hall–Kier alpha value is -4.93. The summed E-state index contributed by atoms with van der Waals surface area (Å²) in [5, 5.41) is 18.1. The first-order chi connectivity index (χ1) is 20.8. The Morgan fingerprint density at radius 2 is 1.89 bits per heavy atom. The fourth-order valence-corrected chi connectivity index (χ4v) is 5.90. The van der Waals surface area contributed by atoms with Crippen LogP contribution in [0.15, 0.2) is 60.3 Å². The Morgan fingerprint density at radius 3 is 2.61 bits per heavy atom. The van der Waals surface area contributed by atoms with Crippen molar-refractivity contribution in [3.63, 3.8) is 0 Å². The van der Waals surface area contributed by atoms with Crippen LogP contribution in [0.25, 0.3) is 5.57 Å². The summed E-state index contributed by atoms with van der Waals surface area (Å²) in [4.78, 5) is 28.2. The lowest BCUT2D eigenvalue weighted by atomic mass is 9.86. The smallest absolute Gasteiger partial charge is 0.358 e. The zero-order chi connectivity index (χ0) is 31.5. The van der Waals surface area contributed by atoms with Gasteiger partial charge in [0.25, 0.3) is 5.91 Å². The van der Waals surface area contributed by atoms with E-state index < -0.39 is 53.1 Å². The molecule has 0 aliphatic carbocycles. The number of carbonyl (C=O) groups is 2. The highest BCUT2D eigenvalue weighted by atomic mass is 35.5. The largest absolute Gasteiger partial charge is 0.416 e. The number of halogens is 6. The van der Waals surface area contributed by atoms with Crippen LogP contribution < -0.4 is 26.6 Å². The molecule has 0 spiro atoms. The number of nitrogens with two attached hydrogens (primary N) is 1. The lowest BCUT2D eigenvalue weighted by molar-refractivity contribution is -0.137. The van der Waals surface area contributed by atoms with Gasteiger partial charge in [-0.05, 0) is 66.1 Å². The number of carbonyl (C=O) groups excluding carboxylic acids is 2. The standard InChI is InChI=1S/C30H20ClF5N6O2/c31-21-3-1-15(32)10-20(21)26-25-22(40-28(43)13-7-14(30(34,35)36)9-16(33)8-13)11-19(17-2-4-24(38)39-23(17)12-37)18-5-6-42(27(18)25)29(44)41-26/h1-4,7-11,24,26,39H,5-6,38H2,(H,40,43)(H,41,44). The van der Waals surface area contributed by atoms with Crippen molar-refractivity contribution < 1.29 is 31.5 Å². The summed E-state index contributed by atoms with van der Waals surface area (Å²) in [6.07, 6.45) is -2.03. The van der Waals surface area contributed by atoms with Crippen LogP contribution in [0.3, 0.4) is 0 Å². The number of anilines is 2. The lowest BCUT2D eigenvalue weighted by Crippen LogP contribution is -2.46. The molecule has 0 radical (unpaired) electrons. The molecule has 8 nitrogen and oxygen atoms in total. The molecule has 0 fully saturated rings. The summed E-state index contributed by atoms with van der Waals surface area (Å²) in [5.74, 6) is -3.02. The maximum absolute atomic E-state index is 14.4. The van der Waals surface area contributed by atoms with Crippen LogP contribution >= 0.6 is 11.6 Å². The molecule has 3 aromatic rings. The Labute approximate surface area is 251 Å². The van der Waals surface area contributed by atoms with Crippen molar-refractivity contribution in [3.05, 3.63) is 110 Å². The molecule has 5 N–H and O–H groups in total. The van der Waals surface area contributed by atoms with E-state index in [2.05, 4.69) is 16.0 Å². The van der Waals surface area contributed by atoms with Gasteiger partial charge in [-0.1, -0.05) is 17.7 Å². The fourth-order valence-electron chi connectivity index (χ4n) is 5.68. The number of amides is 3. The summed E-state index contributed by atoms with van der Waals surface area (Å²) in [5.41, 5.74) is 6.29. The number of rotatable bonds is 4. The van der Waals surface area contributed by atoms with Crippen LogP contribution in [-0.2, 0) is 12.6 Å². The van der Waals surface area contributed by atoms with Crippen molar-refractivity contribution in [2.24, 2.45) is 5.73 Å². The van der Waals surface area contributed by atoms with Crippen LogP contribution in [0.5, 0.6) is 0 Å². The minimum Gasteiger partial charge on any atom is -0.358 e. The first-order valence-corrected chi connectivity index (χ1v) is 13.5. The summed E-state index contributed by atoms with van der Waals surface area (Å²) >= 11 is 6.43. The lowest BCUT2D eigenvalue weighted by Gasteiger charge is -2.35. The van der Waals surface area contributed by atoms with Gasteiger partial charge in [-0.2, -0.15) is 18.4 Å². The van der Waals surface area contributed by atoms with E-state index in [4.69, 9.17) is 17.3 Å². The van der Waals surface area contributed by atoms with Crippen molar-refractivity contribution in [1.29, 1.82) is 5.26 Å². The molecule has 224 valence electrons. The van der Waals surface area contributed by atoms with Crippen LogP contribution in [0, 0.1) is 23.0 Å². The molecule has 14 heteroatoms. The average Bonchev–Trinajstić information content (AvgIpc) is 3.42. The van der Waals surface area contributed by atoms with Crippen molar-refractivity contribution in [2.45, 2.75) is 24.8 Å². The number of urea groups is 1. The monoisotopic (exact) mass is 626 g/mol. The number of nitrogens with zero attached hydrogens (tertiary/aromatic N) is 2. The van der Waals surface area contributed by atoms with Gasteiger partial charge in [0.15, 0.2) is 0 Å². The van der Waals surface area contributed by atoms with E-state index in [-0.39, 0.29) is 40.1 Å². The normalized spacial score (nSPS) is 18.9. The van der Waals surface area contributed by atoms with Gasteiger partial charge < -0.3 is 21.7 Å². The first-order valence-electron chi connectivity index (χ1n) is 13.1. The second kappa shape index (κ2) is 10.7. The summed E-state index contributed by atoms with van der Waals surface area (Å²) in [6, 6.07) is 6.91. The van der Waals surface area contributed by atoms with E-state index in [9.17, 15) is 36.8 Å². The van der Waals surface area contributed by atoms with E-state index in [1.807, 2.05) is 6.07 Å². The second-order valence-corrected chi connectivity index (χ2v) is 10.7. The Balaban J connectivity index is 1.59. The van der Waals surface area contributed by atoms with Gasteiger partial charge in [0.2, 0.25) is 0 Å². The first kappa shape index (κ1) is 29.2. The number of hydrogen-bond acceptors (Lipinski definition) is 5. The van der Waals surface area contributed by atoms with Crippen LogP contribution in [-0.4, -0.2) is 24.6 Å². The van der Waals surface area contributed by atoms with E-state index >= 15 is 0 Å². The van der Waals surface area contributed by atoms with E-state index in [0.717, 1.165) is 12.1 Å². The van der Waals surface area contributed by atoms with Gasteiger partial charge in [-0.15, -0.1) is 0 Å². The van der Waals surface area contributed by atoms with Crippen LogP contribution in [0.4, 0.5) is 38.1 Å². The maximum atomic E-state index is 14.4. The molecule has 0 bridgehead atoms. The number of nitrogens with one attached hydrogen (secondary N) is 3. The molecule has 3 heterocycles. The van der Waals surface area contributed by atoms with Crippen molar-refractivity contribution in [2.75, 3.05) is 16.8 Å². The molecule has 0 aromatic heterocycles. The third kappa shape index (κ3) is 5.01. The Kier molecular flexibility index (Phi) is 7.06. The molecule has 0 saturated carbocycles. The Morgan fingerprint density at radius 1 is 1.11 bits per heavy atom. The summed E-state index contributed by atoms with van der Waals surface area (Å²) < 4.78 is 68.9. The number of alkyl halides is 3. The summed E-state index contributed by atoms with van der Waals surface area (Å²) in [7, 11) is 0. The van der Waals surface area contributed by atoms with Crippen molar-refractivity contribution >= 4 is 40.5 Å². The molecule has 2 atom stereocenters. The van der Waals surface area contributed by atoms with Crippen LogP contribution in [0.2, 0.25) is 5.02 Å². The third-order valence-corrected chi connectivity index (χ3v) is 7.90. The summed E-state index contributed by atoms with van der Waals surface area (Å²) in [6.45, 7) is 0.215. The highest BCUT2D eigenvalue weighted by molar-refractivity contribution is 6.31. The molecule has 3 aromatic carbocycles. The molecule has 6 rings (SSSR count). The predicted octanol–water partition coefficient (Wildman–Crippen LogP) is 5.74. The number of benzene rings is 3. The van der Waals surface area contributed by atoms with Gasteiger partial charge >= 0.3 is 12.2 Å². The molecule has 0 saturated heterocycles. The minimum absolute atomic E-state index is 0.00635. The van der Waals surface area contributed by atoms with Gasteiger partial charge in [0, 0.05) is 39.5 Å². The SMILES string of the molecule is N#CC1=C(c2cc(NC(=O)c3cc(F)cc(C(F)(F)F)c3)c3c4c2CCN4C(=O)NC3c2cc(F)ccc2Cl)C=CC(N)N1. The van der Waals surface area contributed by atoms with Gasteiger partial charge in [0.1, 0.15) is 23.4 Å². The number of allylic oxidation sites excluding steroid dienone is 3. The van der Waals surface area contributed by atoms with Gasteiger partial charge in [-0.25, -0.2) is 13.6 Å². The third-order valence-electron chi connectivity index (χ3n) is 7.56. The highest BCUT2D eigenvalue weighted by Gasteiger charge is 2.41. The van der Waals surface area contributed by atoms with Gasteiger partial charge in [0.05, 0.1) is 23.5 Å². The fraction of sp³-hybridized carbons (Fsp3) is 0.167. The number of dihydropyridines is 1. The minimum atomic E-state index is -4.92. The molecular formula is C30H20ClF5N6O2. The number of nitriles is 1. The van der Waals surface area contributed by atoms with E-state index in [1.54, 1.807) is 12.2 Å². The Bertz CT molecular complexity index is 1870. The molecule has 44 heavy (non-hydrogen) atoms. The quantitative estimate of drug-likeness (QED) is 0.275.